The fourth-order valence-corrected chi connectivity index (χ4v) is 4.72. The van der Waals surface area contributed by atoms with Crippen LogP contribution in [0.15, 0.2) is 60.8 Å². The third-order valence-corrected chi connectivity index (χ3v) is 6.54. The molecule has 0 fully saturated rings. The number of carbonyl (C=O) groups excluding carboxylic acids is 1. The minimum atomic E-state index is -4.38. The third-order valence-electron chi connectivity index (χ3n) is 6.54. The number of nitrogens with one attached hydrogen (secondary N) is 1. The number of amides is 1. The number of halogens is 3. The molecule has 3 aromatic rings. The van der Waals surface area contributed by atoms with E-state index in [4.69, 9.17) is 5.26 Å². The van der Waals surface area contributed by atoms with Crippen LogP contribution in [0, 0.1) is 17.2 Å². The number of fused-ring (bicyclic) bond motifs is 1. The van der Waals surface area contributed by atoms with E-state index in [0.29, 0.717) is 29.8 Å². The van der Waals surface area contributed by atoms with Crippen molar-refractivity contribution in [3.8, 4) is 6.07 Å². The molecule has 0 aliphatic carbocycles. The summed E-state index contributed by atoms with van der Waals surface area (Å²) in [7, 11) is 0. The second-order valence-electron chi connectivity index (χ2n) is 9.50. The molecular formula is C28H27F3N4O2. The van der Waals surface area contributed by atoms with Crippen molar-refractivity contribution in [2.75, 3.05) is 6.61 Å². The monoisotopic (exact) mass is 508 g/mol. The van der Waals surface area contributed by atoms with Crippen LogP contribution in [0.1, 0.15) is 69.8 Å². The lowest BCUT2D eigenvalue weighted by molar-refractivity contribution is -0.137. The maximum Gasteiger partial charge on any atom is 0.416 e. The number of rotatable bonds is 7. The summed E-state index contributed by atoms with van der Waals surface area (Å²) in [6.45, 7) is 4.76. The zero-order valence-electron chi connectivity index (χ0n) is 20.5. The maximum absolute atomic E-state index is 13.0. The van der Waals surface area contributed by atoms with Gasteiger partial charge < -0.3 is 10.4 Å². The van der Waals surface area contributed by atoms with E-state index in [0.717, 1.165) is 29.0 Å². The van der Waals surface area contributed by atoms with Crippen LogP contribution in [0.4, 0.5) is 13.2 Å². The number of aliphatic hydroxyl groups is 1. The average Bonchev–Trinajstić information content (AvgIpc) is 3.24. The summed E-state index contributed by atoms with van der Waals surface area (Å²) in [5, 5.41) is 21.6. The molecular weight excluding hydrogens is 481 g/mol. The second-order valence-corrected chi connectivity index (χ2v) is 9.50. The lowest BCUT2D eigenvalue weighted by atomic mass is 9.99. The molecule has 1 unspecified atom stereocenters. The molecule has 0 saturated carbocycles. The van der Waals surface area contributed by atoms with Gasteiger partial charge in [-0.25, -0.2) is 0 Å². The summed E-state index contributed by atoms with van der Waals surface area (Å²) in [6.07, 6.45) is -2.86. The summed E-state index contributed by atoms with van der Waals surface area (Å²) in [5.41, 5.74) is 3.33. The zero-order chi connectivity index (χ0) is 26.7. The highest BCUT2D eigenvalue weighted by Crippen LogP contribution is 2.39. The molecule has 9 heteroatoms. The number of hydrogen-bond donors (Lipinski definition) is 2. The van der Waals surface area contributed by atoms with Gasteiger partial charge in [0.05, 0.1) is 47.1 Å². The molecule has 2 N–H and O–H groups in total. The Hall–Kier alpha value is -3.74. The van der Waals surface area contributed by atoms with Crippen molar-refractivity contribution in [3.63, 3.8) is 0 Å². The molecule has 1 aliphatic rings. The molecule has 2 heterocycles. The number of carbonyl (C=O) groups is 1. The van der Waals surface area contributed by atoms with Crippen LogP contribution in [-0.4, -0.2) is 27.5 Å². The van der Waals surface area contributed by atoms with Crippen LogP contribution in [0.2, 0.25) is 0 Å². The molecule has 6 nitrogen and oxygen atoms in total. The van der Waals surface area contributed by atoms with E-state index >= 15 is 0 Å². The smallest absolute Gasteiger partial charge is 0.394 e. The topological polar surface area (TPSA) is 89.2 Å². The van der Waals surface area contributed by atoms with Crippen LogP contribution < -0.4 is 5.32 Å². The first-order valence-electron chi connectivity index (χ1n) is 11.9. The highest BCUT2D eigenvalue weighted by molar-refractivity contribution is 5.94. The normalized spacial score (nSPS) is 16.3. The number of aromatic nitrogens is 1. The van der Waals surface area contributed by atoms with Gasteiger partial charge in [0.1, 0.15) is 0 Å². The molecule has 4 rings (SSSR count). The van der Waals surface area contributed by atoms with Crippen molar-refractivity contribution in [2.45, 2.75) is 45.2 Å². The lowest BCUT2D eigenvalue weighted by Gasteiger charge is -2.27. The van der Waals surface area contributed by atoms with E-state index in [1.807, 2.05) is 6.07 Å². The molecule has 37 heavy (non-hydrogen) atoms. The van der Waals surface area contributed by atoms with Gasteiger partial charge in [-0.1, -0.05) is 38.1 Å². The van der Waals surface area contributed by atoms with E-state index in [1.165, 1.54) is 18.3 Å². The SMILES string of the molecule is CC(C)C1c2ncc(C(=O)N[C@H](CO)c3ccc(C#N)cc3)cc2CN1Cc1ccc(C(F)(F)F)cc1. The Labute approximate surface area is 213 Å². The van der Waals surface area contributed by atoms with Crippen molar-refractivity contribution in [3.05, 3.63) is 99.9 Å². The first-order chi connectivity index (χ1) is 17.6. The van der Waals surface area contributed by atoms with Crippen LogP contribution >= 0.6 is 0 Å². The molecule has 1 aliphatic heterocycles. The lowest BCUT2D eigenvalue weighted by Crippen LogP contribution is -2.31. The van der Waals surface area contributed by atoms with Crippen LogP contribution in [0.5, 0.6) is 0 Å². The molecule has 2 aromatic carbocycles. The Morgan fingerprint density at radius 3 is 2.43 bits per heavy atom. The van der Waals surface area contributed by atoms with Gasteiger partial charge in [-0.05, 0) is 52.9 Å². The predicted octanol–water partition coefficient (Wildman–Crippen LogP) is 5.15. The van der Waals surface area contributed by atoms with Gasteiger partial charge in [-0.3, -0.25) is 14.7 Å². The molecule has 0 saturated heterocycles. The molecule has 2 atom stereocenters. The van der Waals surface area contributed by atoms with Gasteiger partial charge in [0, 0.05) is 19.3 Å². The quantitative estimate of drug-likeness (QED) is 0.461. The summed E-state index contributed by atoms with van der Waals surface area (Å²) >= 11 is 0. The van der Waals surface area contributed by atoms with Crippen molar-refractivity contribution < 1.29 is 23.1 Å². The molecule has 0 bridgehead atoms. The van der Waals surface area contributed by atoms with Crippen molar-refractivity contribution in [1.82, 2.24) is 15.2 Å². The largest absolute Gasteiger partial charge is 0.416 e. The number of nitriles is 1. The van der Waals surface area contributed by atoms with Crippen LogP contribution in [-0.2, 0) is 19.3 Å². The maximum atomic E-state index is 13.0. The minimum Gasteiger partial charge on any atom is -0.394 e. The Balaban J connectivity index is 1.51. The minimum absolute atomic E-state index is 0.0433. The van der Waals surface area contributed by atoms with Crippen molar-refractivity contribution in [1.29, 1.82) is 5.26 Å². The van der Waals surface area contributed by atoms with E-state index in [1.54, 1.807) is 30.3 Å². The second kappa shape index (κ2) is 10.7. The Morgan fingerprint density at radius 1 is 1.19 bits per heavy atom. The molecule has 0 spiro atoms. The zero-order valence-corrected chi connectivity index (χ0v) is 20.5. The molecule has 0 radical (unpaired) electrons. The Kier molecular flexibility index (Phi) is 7.62. The van der Waals surface area contributed by atoms with Gasteiger partial charge in [0.15, 0.2) is 0 Å². The first kappa shape index (κ1) is 26.3. The molecule has 1 amide bonds. The van der Waals surface area contributed by atoms with Gasteiger partial charge in [0.2, 0.25) is 0 Å². The Bertz CT molecular complexity index is 1300. The number of hydrogen-bond acceptors (Lipinski definition) is 5. The highest BCUT2D eigenvalue weighted by atomic mass is 19.4. The molecule has 1 aromatic heterocycles. The summed E-state index contributed by atoms with van der Waals surface area (Å²) < 4.78 is 38.8. The van der Waals surface area contributed by atoms with Gasteiger partial charge in [-0.2, -0.15) is 18.4 Å². The summed E-state index contributed by atoms with van der Waals surface area (Å²) in [6, 6.07) is 14.9. The Morgan fingerprint density at radius 2 is 1.86 bits per heavy atom. The fourth-order valence-electron chi connectivity index (χ4n) is 4.72. The standard InChI is InChI=1S/C28H27F3N4O2/c1-17(2)26-25-22(15-35(26)14-19-5-9-23(10-6-19)28(29,30)31)11-21(13-33-25)27(37)34-24(16-36)20-7-3-18(12-32)4-8-20/h3-11,13,17,24,26,36H,14-16H2,1-2H3,(H,34,37)/t24-,26?/m1/s1. The predicted molar refractivity (Wildman–Crippen MR) is 131 cm³/mol. The van der Waals surface area contributed by atoms with Gasteiger partial charge in [0.25, 0.3) is 5.91 Å². The van der Waals surface area contributed by atoms with E-state index < -0.39 is 17.8 Å². The first-order valence-corrected chi connectivity index (χ1v) is 11.9. The number of alkyl halides is 3. The summed E-state index contributed by atoms with van der Waals surface area (Å²) in [4.78, 5) is 19.7. The van der Waals surface area contributed by atoms with Crippen molar-refractivity contribution >= 4 is 5.91 Å². The number of aliphatic hydroxyl groups excluding tert-OH is 1. The van der Waals surface area contributed by atoms with E-state index in [9.17, 15) is 23.1 Å². The van der Waals surface area contributed by atoms with E-state index in [-0.39, 0.29) is 24.5 Å². The van der Waals surface area contributed by atoms with Crippen LogP contribution in [0.25, 0.3) is 0 Å². The van der Waals surface area contributed by atoms with Gasteiger partial charge >= 0.3 is 6.18 Å². The van der Waals surface area contributed by atoms with Gasteiger partial charge in [-0.15, -0.1) is 0 Å². The molecule has 192 valence electrons. The summed E-state index contributed by atoms with van der Waals surface area (Å²) in [5.74, 6) is -0.195. The van der Waals surface area contributed by atoms with Crippen molar-refractivity contribution in [2.24, 2.45) is 5.92 Å². The average molecular weight is 509 g/mol. The highest BCUT2D eigenvalue weighted by Gasteiger charge is 2.35. The van der Waals surface area contributed by atoms with E-state index in [2.05, 4.69) is 29.0 Å². The van der Waals surface area contributed by atoms with Crippen LogP contribution in [0.3, 0.4) is 0 Å². The number of pyridine rings is 1. The third kappa shape index (κ3) is 5.82. The number of nitrogens with zero attached hydrogens (tertiary/aromatic N) is 3. The fraction of sp³-hybridized carbons (Fsp3) is 0.321. The number of benzene rings is 2.